The average molecular weight is 531 g/mol. The standard InChI is InChI=1S/C27H40BrN3OSi/c1-9-15-30-18-21(3)31(19-20(30)2)26(23-13-14-25(28)29-17-23)22-11-10-12-24(16-22)32-33(7,8)27(4,5)6/h9-14,16-17,20-21,26H,1,15,18-19H2,2-8H3/t20-,21+,26+/m1/s1. The van der Waals surface area contributed by atoms with Crippen LogP contribution < -0.4 is 4.43 Å². The van der Waals surface area contributed by atoms with E-state index in [4.69, 9.17) is 4.43 Å². The Hall–Kier alpha value is -1.47. The van der Waals surface area contributed by atoms with Crippen molar-refractivity contribution in [3.05, 3.63) is 71.0 Å². The highest BCUT2D eigenvalue weighted by atomic mass is 79.9. The van der Waals surface area contributed by atoms with Crippen molar-refractivity contribution in [3.63, 3.8) is 0 Å². The van der Waals surface area contributed by atoms with E-state index in [9.17, 15) is 0 Å². The summed E-state index contributed by atoms with van der Waals surface area (Å²) in [4.78, 5) is 9.71. The topological polar surface area (TPSA) is 28.6 Å². The lowest BCUT2D eigenvalue weighted by Gasteiger charge is -2.47. The van der Waals surface area contributed by atoms with Gasteiger partial charge in [-0.25, -0.2) is 4.98 Å². The first kappa shape index (κ1) is 26.1. The van der Waals surface area contributed by atoms with E-state index in [0.29, 0.717) is 12.1 Å². The Bertz CT molecular complexity index is 941. The Labute approximate surface area is 210 Å². The summed E-state index contributed by atoms with van der Waals surface area (Å²) in [6.07, 6.45) is 4.01. The van der Waals surface area contributed by atoms with Crippen molar-refractivity contribution in [2.75, 3.05) is 19.6 Å². The van der Waals surface area contributed by atoms with Gasteiger partial charge < -0.3 is 4.43 Å². The second kappa shape index (κ2) is 10.4. The van der Waals surface area contributed by atoms with Crippen LogP contribution in [-0.2, 0) is 0 Å². The van der Waals surface area contributed by atoms with E-state index >= 15 is 0 Å². The van der Waals surface area contributed by atoms with Crippen LogP contribution in [-0.4, -0.2) is 54.8 Å². The molecule has 0 radical (unpaired) electrons. The number of hydrogen-bond donors (Lipinski definition) is 0. The minimum absolute atomic E-state index is 0.122. The van der Waals surface area contributed by atoms with Crippen molar-refractivity contribution in [1.29, 1.82) is 0 Å². The van der Waals surface area contributed by atoms with E-state index in [2.05, 4.69) is 115 Å². The molecule has 0 bridgehead atoms. The van der Waals surface area contributed by atoms with Gasteiger partial charge in [0.05, 0.1) is 6.04 Å². The second-order valence-electron chi connectivity index (χ2n) is 10.9. The van der Waals surface area contributed by atoms with Gasteiger partial charge in [-0.05, 0) is 77.2 Å². The van der Waals surface area contributed by atoms with Crippen LogP contribution in [0.25, 0.3) is 0 Å². The van der Waals surface area contributed by atoms with Crippen molar-refractivity contribution in [2.45, 2.75) is 70.9 Å². The zero-order valence-corrected chi connectivity index (χ0v) is 23.9. The maximum absolute atomic E-state index is 6.67. The van der Waals surface area contributed by atoms with Gasteiger partial charge in [-0.2, -0.15) is 0 Å². The summed E-state index contributed by atoms with van der Waals surface area (Å²) in [6.45, 7) is 23.0. The van der Waals surface area contributed by atoms with E-state index in [-0.39, 0.29) is 11.1 Å². The lowest BCUT2D eigenvalue weighted by atomic mass is 9.94. The van der Waals surface area contributed by atoms with Crippen LogP contribution >= 0.6 is 15.9 Å². The molecule has 0 amide bonds. The fraction of sp³-hybridized carbons (Fsp3) is 0.519. The molecule has 3 atom stereocenters. The second-order valence-corrected chi connectivity index (χ2v) is 16.4. The van der Waals surface area contributed by atoms with Crippen LogP contribution in [0.2, 0.25) is 18.1 Å². The molecule has 2 aromatic rings. The molecule has 0 spiro atoms. The molecule has 1 saturated heterocycles. The van der Waals surface area contributed by atoms with Gasteiger partial charge in [0.1, 0.15) is 10.4 Å². The first-order valence-corrected chi connectivity index (χ1v) is 15.6. The van der Waals surface area contributed by atoms with Crippen molar-refractivity contribution < 1.29 is 4.43 Å². The number of pyridine rings is 1. The van der Waals surface area contributed by atoms with E-state index < -0.39 is 8.32 Å². The summed E-state index contributed by atoms with van der Waals surface area (Å²) in [5.41, 5.74) is 2.46. The molecule has 180 valence electrons. The highest BCUT2D eigenvalue weighted by Gasteiger charge is 2.39. The quantitative estimate of drug-likeness (QED) is 0.221. The Morgan fingerprint density at radius 1 is 1.15 bits per heavy atom. The molecule has 0 aliphatic carbocycles. The molecule has 2 heterocycles. The number of nitrogens with zero attached hydrogens (tertiary/aromatic N) is 3. The zero-order valence-electron chi connectivity index (χ0n) is 21.3. The average Bonchev–Trinajstić information content (AvgIpc) is 2.72. The van der Waals surface area contributed by atoms with Crippen LogP contribution in [0.4, 0.5) is 0 Å². The van der Waals surface area contributed by atoms with Gasteiger partial charge in [0.15, 0.2) is 0 Å². The molecule has 6 heteroatoms. The molecule has 3 rings (SSSR count). The van der Waals surface area contributed by atoms with Crippen LogP contribution in [0.1, 0.15) is 51.8 Å². The third-order valence-electron chi connectivity index (χ3n) is 7.28. The summed E-state index contributed by atoms with van der Waals surface area (Å²) in [5, 5.41) is 0.156. The summed E-state index contributed by atoms with van der Waals surface area (Å²) in [7, 11) is -1.92. The van der Waals surface area contributed by atoms with Gasteiger partial charge in [-0.3, -0.25) is 9.80 Å². The lowest BCUT2D eigenvalue weighted by molar-refractivity contribution is 0.0305. The number of aromatic nitrogens is 1. The van der Waals surface area contributed by atoms with E-state index in [1.807, 2.05) is 18.3 Å². The van der Waals surface area contributed by atoms with Gasteiger partial charge in [-0.1, -0.05) is 45.0 Å². The molecule has 1 aromatic carbocycles. The smallest absolute Gasteiger partial charge is 0.250 e. The largest absolute Gasteiger partial charge is 0.543 e. The fourth-order valence-electron chi connectivity index (χ4n) is 4.33. The number of piperazine rings is 1. The SMILES string of the molecule is C=CCN1C[C@H](C)N([C@H](c2ccc(Br)nc2)c2cccc(O[Si](C)(C)C(C)(C)C)c2)C[C@H]1C. The first-order valence-electron chi connectivity index (χ1n) is 11.9. The monoisotopic (exact) mass is 529 g/mol. The summed E-state index contributed by atoms with van der Waals surface area (Å²) < 4.78 is 7.53. The molecular weight excluding hydrogens is 490 g/mol. The number of rotatable bonds is 7. The molecule has 0 unspecified atom stereocenters. The molecule has 4 nitrogen and oxygen atoms in total. The fourth-order valence-corrected chi connectivity index (χ4v) is 5.58. The maximum atomic E-state index is 6.67. The minimum atomic E-state index is -1.92. The Balaban J connectivity index is 1.99. The van der Waals surface area contributed by atoms with Crippen molar-refractivity contribution in [3.8, 4) is 5.75 Å². The normalized spacial score (nSPS) is 21.6. The maximum Gasteiger partial charge on any atom is 0.250 e. The zero-order chi connectivity index (χ0) is 24.4. The predicted molar refractivity (Wildman–Crippen MR) is 145 cm³/mol. The molecule has 0 N–H and O–H groups in total. The molecule has 0 saturated carbocycles. The predicted octanol–water partition coefficient (Wildman–Crippen LogP) is 6.90. The van der Waals surface area contributed by atoms with Crippen LogP contribution in [0.5, 0.6) is 5.75 Å². The summed E-state index contributed by atoms with van der Waals surface area (Å²) >= 11 is 3.50. The molecule has 1 fully saturated rings. The molecule has 1 aliphatic rings. The lowest BCUT2D eigenvalue weighted by Crippen LogP contribution is -2.57. The minimum Gasteiger partial charge on any atom is -0.543 e. The molecule has 33 heavy (non-hydrogen) atoms. The number of benzene rings is 1. The number of hydrogen-bond acceptors (Lipinski definition) is 4. The van der Waals surface area contributed by atoms with Gasteiger partial charge in [-0.15, -0.1) is 6.58 Å². The highest BCUT2D eigenvalue weighted by Crippen LogP contribution is 2.39. The summed E-state index contributed by atoms with van der Waals surface area (Å²) in [6, 6.07) is 13.9. The highest BCUT2D eigenvalue weighted by molar-refractivity contribution is 9.10. The van der Waals surface area contributed by atoms with Gasteiger partial charge >= 0.3 is 0 Å². The molecule has 1 aromatic heterocycles. The summed E-state index contributed by atoms with van der Waals surface area (Å²) in [5.74, 6) is 0.972. The van der Waals surface area contributed by atoms with Crippen molar-refractivity contribution in [1.82, 2.24) is 14.8 Å². The van der Waals surface area contributed by atoms with E-state index in [0.717, 1.165) is 30.0 Å². The van der Waals surface area contributed by atoms with Gasteiger partial charge in [0.2, 0.25) is 8.32 Å². The van der Waals surface area contributed by atoms with Crippen molar-refractivity contribution >= 4 is 24.2 Å². The molecular formula is C27H40BrN3OSi. The third-order valence-corrected chi connectivity index (χ3v) is 12.1. The van der Waals surface area contributed by atoms with Crippen LogP contribution in [0.3, 0.4) is 0 Å². The molecule has 1 aliphatic heterocycles. The van der Waals surface area contributed by atoms with Crippen molar-refractivity contribution in [2.24, 2.45) is 0 Å². The Morgan fingerprint density at radius 3 is 2.48 bits per heavy atom. The third kappa shape index (κ3) is 6.16. The van der Waals surface area contributed by atoms with Crippen LogP contribution in [0.15, 0.2) is 59.9 Å². The van der Waals surface area contributed by atoms with Gasteiger partial charge in [0, 0.05) is 37.9 Å². The first-order chi connectivity index (χ1) is 15.4. The Morgan fingerprint density at radius 2 is 1.88 bits per heavy atom. The van der Waals surface area contributed by atoms with Gasteiger partial charge in [0.25, 0.3) is 0 Å². The number of halogens is 1. The Kier molecular flexibility index (Phi) is 8.26. The van der Waals surface area contributed by atoms with E-state index in [1.165, 1.54) is 11.1 Å². The van der Waals surface area contributed by atoms with Crippen LogP contribution in [0, 0.1) is 0 Å². The van der Waals surface area contributed by atoms with E-state index in [1.54, 1.807) is 0 Å².